The molecule has 0 spiro atoms. The Morgan fingerprint density at radius 2 is 2.16 bits per heavy atom. The van der Waals surface area contributed by atoms with Gasteiger partial charge in [-0.05, 0) is 19.4 Å². The Labute approximate surface area is 167 Å². The number of aromatic nitrogens is 3. The van der Waals surface area contributed by atoms with E-state index < -0.39 is 0 Å². The third kappa shape index (κ3) is 6.30. The molecule has 0 radical (unpaired) electrons. The highest BCUT2D eigenvalue weighted by Crippen LogP contribution is 2.16. The first-order valence-corrected chi connectivity index (χ1v) is 8.40. The van der Waals surface area contributed by atoms with Crippen LogP contribution in [0.1, 0.15) is 36.7 Å². The number of aliphatic imine (C=N–C) groups is 1. The Balaban J connectivity index is 0.00000312. The van der Waals surface area contributed by atoms with Crippen LogP contribution in [0.5, 0.6) is 0 Å². The average Bonchev–Trinajstić information content (AvgIpc) is 2.96. The predicted molar refractivity (Wildman–Crippen MR) is 113 cm³/mol. The molecule has 7 heteroatoms. The highest BCUT2D eigenvalue weighted by Gasteiger charge is 2.11. The second-order valence-electron chi connectivity index (χ2n) is 6.17. The van der Waals surface area contributed by atoms with Crippen LogP contribution in [0.2, 0.25) is 0 Å². The Hall–Kier alpha value is -1.64. The van der Waals surface area contributed by atoms with Gasteiger partial charge in [0.1, 0.15) is 12.2 Å². The Kier molecular flexibility index (Phi) is 8.88. The molecule has 1 unspecified atom stereocenters. The largest absolute Gasteiger partial charge is 0.357 e. The normalized spacial score (nSPS) is 12.4. The minimum atomic E-state index is 0. The topological polar surface area (TPSA) is 58.3 Å². The lowest BCUT2D eigenvalue weighted by atomic mass is 10.00. The number of rotatable bonds is 6. The van der Waals surface area contributed by atoms with E-state index in [2.05, 4.69) is 65.3 Å². The van der Waals surface area contributed by atoms with E-state index in [4.69, 9.17) is 4.99 Å². The molecule has 2 rings (SSSR count). The van der Waals surface area contributed by atoms with E-state index >= 15 is 0 Å². The fraction of sp³-hybridized carbons (Fsp3) is 0.500. The molecule has 1 heterocycles. The molecule has 138 valence electrons. The van der Waals surface area contributed by atoms with Gasteiger partial charge >= 0.3 is 0 Å². The Bertz CT molecular complexity index is 682. The molecule has 1 atom stereocenters. The van der Waals surface area contributed by atoms with E-state index in [0.29, 0.717) is 12.5 Å². The van der Waals surface area contributed by atoms with Crippen LogP contribution in [0.3, 0.4) is 0 Å². The van der Waals surface area contributed by atoms with Crippen LogP contribution in [0.25, 0.3) is 0 Å². The number of hydrogen-bond acceptors (Lipinski definition) is 3. The molecule has 0 aliphatic heterocycles. The zero-order chi connectivity index (χ0) is 17.5. The lowest BCUT2D eigenvalue weighted by Gasteiger charge is -2.22. The van der Waals surface area contributed by atoms with Crippen molar-refractivity contribution < 1.29 is 0 Å². The molecule has 0 fully saturated rings. The summed E-state index contributed by atoms with van der Waals surface area (Å²) in [5.41, 5.74) is 2.61. The second-order valence-corrected chi connectivity index (χ2v) is 6.17. The third-order valence-electron chi connectivity index (χ3n) is 4.01. The molecule has 0 saturated carbocycles. The molecule has 0 bridgehead atoms. The number of benzene rings is 1. The maximum Gasteiger partial charge on any atom is 0.194 e. The maximum absolute atomic E-state index is 4.80. The summed E-state index contributed by atoms with van der Waals surface area (Å²) in [6.45, 7) is 8.66. The van der Waals surface area contributed by atoms with Gasteiger partial charge in [0.25, 0.3) is 0 Å². The smallest absolute Gasteiger partial charge is 0.194 e. The molecule has 1 N–H and O–H groups in total. The summed E-state index contributed by atoms with van der Waals surface area (Å²) in [4.78, 5) is 11.2. The fourth-order valence-electron chi connectivity index (χ4n) is 2.53. The van der Waals surface area contributed by atoms with Crippen LogP contribution in [0, 0.1) is 6.92 Å². The molecule has 25 heavy (non-hydrogen) atoms. The van der Waals surface area contributed by atoms with Gasteiger partial charge < -0.3 is 10.2 Å². The first-order valence-electron chi connectivity index (χ1n) is 8.40. The number of nitrogens with one attached hydrogen (secondary N) is 1. The molecule has 1 aromatic heterocycles. The highest BCUT2D eigenvalue weighted by atomic mass is 127. The highest BCUT2D eigenvalue weighted by molar-refractivity contribution is 14.0. The minimum Gasteiger partial charge on any atom is -0.357 e. The van der Waals surface area contributed by atoms with Crippen molar-refractivity contribution in [2.24, 2.45) is 12.0 Å². The van der Waals surface area contributed by atoms with Crippen molar-refractivity contribution in [3.63, 3.8) is 0 Å². The van der Waals surface area contributed by atoms with E-state index in [-0.39, 0.29) is 24.0 Å². The first kappa shape index (κ1) is 21.4. The summed E-state index contributed by atoms with van der Waals surface area (Å²) < 4.78 is 1.79. The van der Waals surface area contributed by atoms with E-state index in [1.807, 2.05) is 14.1 Å². The van der Waals surface area contributed by atoms with Crippen LogP contribution in [-0.4, -0.2) is 45.8 Å². The van der Waals surface area contributed by atoms with E-state index in [9.17, 15) is 0 Å². The summed E-state index contributed by atoms with van der Waals surface area (Å²) in [5.74, 6) is 2.18. The Morgan fingerprint density at radius 1 is 1.40 bits per heavy atom. The zero-order valence-corrected chi connectivity index (χ0v) is 18.1. The number of halogens is 1. The van der Waals surface area contributed by atoms with Gasteiger partial charge in [-0.3, -0.25) is 9.67 Å². The SMILES string of the molecule is CCNC(=NCC(C)c1cccc(C)c1)N(C)Cc1ncnn1C.I. The lowest BCUT2D eigenvalue weighted by molar-refractivity contribution is 0.448. The first-order chi connectivity index (χ1) is 11.5. The van der Waals surface area contributed by atoms with Crippen LogP contribution in [0.15, 0.2) is 35.6 Å². The predicted octanol–water partition coefficient (Wildman–Crippen LogP) is 2.94. The minimum absolute atomic E-state index is 0. The van der Waals surface area contributed by atoms with Crippen LogP contribution >= 0.6 is 24.0 Å². The fourth-order valence-corrected chi connectivity index (χ4v) is 2.53. The zero-order valence-electron chi connectivity index (χ0n) is 15.7. The summed E-state index contributed by atoms with van der Waals surface area (Å²) in [5, 5.41) is 7.47. The van der Waals surface area contributed by atoms with Crippen molar-refractivity contribution in [1.29, 1.82) is 0 Å². The van der Waals surface area contributed by atoms with E-state index in [0.717, 1.165) is 24.9 Å². The van der Waals surface area contributed by atoms with E-state index in [1.54, 1.807) is 11.0 Å². The second kappa shape index (κ2) is 10.4. The number of nitrogens with zero attached hydrogens (tertiary/aromatic N) is 5. The summed E-state index contributed by atoms with van der Waals surface area (Å²) in [6.07, 6.45) is 1.58. The summed E-state index contributed by atoms with van der Waals surface area (Å²) in [6, 6.07) is 8.63. The average molecular weight is 456 g/mol. The van der Waals surface area contributed by atoms with Gasteiger partial charge in [0.15, 0.2) is 5.96 Å². The molecule has 0 aliphatic rings. The van der Waals surface area contributed by atoms with E-state index in [1.165, 1.54) is 11.1 Å². The molecule has 0 aliphatic carbocycles. The summed E-state index contributed by atoms with van der Waals surface area (Å²) in [7, 11) is 3.92. The molecule has 2 aromatic rings. The van der Waals surface area contributed by atoms with Crippen molar-refractivity contribution >= 4 is 29.9 Å². The van der Waals surface area contributed by atoms with Crippen LogP contribution in [0.4, 0.5) is 0 Å². The molecular formula is C18H29IN6. The number of guanidine groups is 1. The van der Waals surface area contributed by atoms with Gasteiger partial charge in [0, 0.05) is 33.1 Å². The van der Waals surface area contributed by atoms with Crippen LogP contribution in [-0.2, 0) is 13.6 Å². The van der Waals surface area contributed by atoms with Gasteiger partial charge in [-0.2, -0.15) is 5.10 Å². The lowest BCUT2D eigenvalue weighted by Crippen LogP contribution is -2.39. The van der Waals surface area contributed by atoms with Crippen molar-refractivity contribution in [2.45, 2.75) is 33.2 Å². The third-order valence-corrected chi connectivity index (χ3v) is 4.01. The molecule has 0 amide bonds. The van der Waals surface area contributed by atoms with Gasteiger partial charge in [0.2, 0.25) is 0 Å². The van der Waals surface area contributed by atoms with Gasteiger partial charge in [-0.15, -0.1) is 24.0 Å². The van der Waals surface area contributed by atoms with Crippen LogP contribution < -0.4 is 5.32 Å². The molecule has 1 aromatic carbocycles. The van der Waals surface area contributed by atoms with Crippen molar-refractivity contribution in [1.82, 2.24) is 25.0 Å². The van der Waals surface area contributed by atoms with Gasteiger partial charge in [-0.25, -0.2) is 4.98 Å². The van der Waals surface area contributed by atoms with Crippen molar-refractivity contribution in [3.05, 3.63) is 47.5 Å². The van der Waals surface area contributed by atoms with Crippen molar-refractivity contribution in [2.75, 3.05) is 20.1 Å². The van der Waals surface area contributed by atoms with Gasteiger partial charge in [-0.1, -0.05) is 36.8 Å². The molecular weight excluding hydrogens is 427 g/mol. The number of aryl methyl sites for hydroxylation is 2. The number of hydrogen-bond donors (Lipinski definition) is 1. The monoisotopic (exact) mass is 456 g/mol. The molecule has 0 saturated heterocycles. The van der Waals surface area contributed by atoms with Gasteiger partial charge in [0.05, 0.1) is 6.54 Å². The van der Waals surface area contributed by atoms with Crippen molar-refractivity contribution in [3.8, 4) is 0 Å². The maximum atomic E-state index is 4.80. The Morgan fingerprint density at radius 3 is 2.76 bits per heavy atom. The quantitative estimate of drug-likeness (QED) is 0.413. The summed E-state index contributed by atoms with van der Waals surface area (Å²) >= 11 is 0. The standard InChI is InChI=1S/C18H28N6.HI/c1-6-19-18(23(4)12-17-21-13-22-24(17)5)20-11-15(3)16-9-7-8-14(2)10-16;/h7-10,13,15H,6,11-12H2,1-5H3,(H,19,20);1H. The molecule has 6 nitrogen and oxygen atoms in total.